The second kappa shape index (κ2) is 6.96. The first-order valence-electron chi connectivity index (χ1n) is 6.22. The molecule has 0 saturated heterocycles. The Bertz CT molecular complexity index is 587. The fourth-order valence-electron chi connectivity index (χ4n) is 1.69. The molecule has 0 atom stereocenters. The number of nitrogens with zero attached hydrogens (tertiary/aromatic N) is 1. The van der Waals surface area contributed by atoms with Crippen LogP contribution in [0.25, 0.3) is 0 Å². The fraction of sp³-hybridized carbons (Fsp3) is 0.200. The van der Waals surface area contributed by atoms with Crippen molar-refractivity contribution in [2.75, 3.05) is 12.4 Å². The molecular formula is C15H15NO3S. The van der Waals surface area contributed by atoms with Crippen molar-refractivity contribution in [3.05, 3.63) is 64.2 Å². The molecule has 0 radical (unpaired) electrons. The van der Waals surface area contributed by atoms with Gasteiger partial charge in [-0.2, -0.15) is 0 Å². The zero-order valence-electron chi connectivity index (χ0n) is 11.1. The predicted octanol–water partition coefficient (Wildman–Crippen LogP) is 4.07. The lowest BCUT2D eigenvalue weighted by molar-refractivity contribution is -0.384. The molecule has 0 saturated carbocycles. The van der Waals surface area contributed by atoms with Crippen LogP contribution < -0.4 is 4.74 Å². The van der Waals surface area contributed by atoms with Gasteiger partial charge < -0.3 is 4.74 Å². The van der Waals surface area contributed by atoms with Gasteiger partial charge in [0, 0.05) is 16.7 Å². The largest absolute Gasteiger partial charge is 0.492 e. The Labute approximate surface area is 121 Å². The third kappa shape index (κ3) is 3.99. The molecule has 2 aromatic rings. The molecule has 0 aromatic heterocycles. The highest BCUT2D eigenvalue weighted by molar-refractivity contribution is 7.99. The van der Waals surface area contributed by atoms with E-state index in [0.717, 1.165) is 11.3 Å². The highest BCUT2D eigenvalue weighted by Gasteiger charge is 2.09. The predicted molar refractivity (Wildman–Crippen MR) is 80.5 cm³/mol. The van der Waals surface area contributed by atoms with E-state index in [1.54, 1.807) is 17.8 Å². The summed E-state index contributed by atoms with van der Waals surface area (Å²) in [7, 11) is 0. The molecule has 0 aliphatic heterocycles. The number of hydrogen-bond donors (Lipinski definition) is 0. The zero-order chi connectivity index (χ0) is 14.4. The normalized spacial score (nSPS) is 10.2. The van der Waals surface area contributed by atoms with Crippen molar-refractivity contribution in [2.45, 2.75) is 11.8 Å². The number of non-ortho nitro benzene ring substituents is 1. The minimum atomic E-state index is -0.412. The fourth-order valence-corrected chi connectivity index (χ4v) is 2.44. The van der Waals surface area contributed by atoms with E-state index < -0.39 is 4.92 Å². The molecule has 0 spiro atoms. The van der Waals surface area contributed by atoms with Gasteiger partial charge in [0.25, 0.3) is 5.69 Å². The summed E-state index contributed by atoms with van der Waals surface area (Å²) in [5, 5.41) is 10.7. The number of thioether (sulfide) groups is 1. The Balaban J connectivity index is 1.88. The number of benzene rings is 2. The highest BCUT2D eigenvalue weighted by atomic mass is 32.2. The molecule has 0 aliphatic rings. The van der Waals surface area contributed by atoms with E-state index in [2.05, 4.69) is 0 Å². The van der Waals surface area contributed by atoms with Crippen molar-refractivity contribution < 1.29 is 9.66 Å². The molecule has 0 unspecified atom stereocenters. The first kappa shape index (κ1) is 14.4. The first-order chi connectivity index (χ1) is 9.66. The molecule has 0 N–H and O–H groups in total. The molecule has 2 rings (SSSR count). The summed E-state index contributed by atoms with van der Waals surface area (Å²) in [5.41, 5.74) is 0.960. The third-order valence-electron chi connectivity index (χ3n) is 2.74. The van der Waals surface area contributed by atoms with Crippen molar-refractivity contribution in [1.82, 2.24) is 0 Å². The summed E-state index contributed by atoms with van der Waals surface area (Å²) in [6, 6.07) is 14.7. The maximum absolute atomic E-state index is 10.7. The Hall–Kier alpha value is -2.01. The van der Waals surface area contributed by atoms with Crippen molar-refractivity contribution in [3.63, 3.8) is 0 Å². The van der Waals surface area contributed by atoms with Gasteiger partial charge in [-0.15, -0.1) is 11.8 Å². The van der Waals surface area contributed by atoms with Gasteiger partial charge in [-0.1, -0.05) is 18.2 Å². The van der Waals surface area contributed by atoms with Gasteiger partial charge in [0.1, 0.15) is 5.75 Å². The Morgan fingerprint density at radius 2 is 1.95 bits per heavy atom. The van der Waals surface area contributed by atoms with Crippen LogP contribution in [0.2, 0.25) is 0 Å². The number of aryl methyl sites for hydroxylation is 1. The Kier molecular flexibility index (Phi) is 5.01. The molecule has 0 aliphatic carbocycles. The van der Waals surface area contributed by atoms with Crippen molar-refractivity contribution in [1.29, 1.82) is 0 Å². The molecule has 0 heterocycles. The lowest BCUT2D eigenvalue weighted by atomic mass is 10.2. The summed E-state index contributed by atoms with van der Waals surface area (Å²) < 4.78 is 5.62. The second-order valence-corrected chi connectivity index (χ2v) is 5.39. The van der Waals surface area contributed by atoms with Crippen LogP contribution in [0, 0.1) is 17.0 Å². The summed E-state index contributed by atoms with van der Waals surface area (Å²) in [5.74, 6) is 1.37. The highest BCUT2D eigenvalue weighted by Crippen LogP contribution is 2.24. The van der Waals surface area contributed by atoms with Crippen molar-refractivity contribution in [3.8, 4) is 5.75 Å². The minimum Gasteiger partial charge on any atom is -0.492 e. The molecule has 0 amide bonds. The lowest BCUT2D eigenvalue weighted by Crippen LogP contribution is -2.02. The average Bonchev–Trinajstić information content (AvgIpc) is 2.46. The molecule has 20 heavy (non-hydrogen) atoms. The van der Waals surface area contributed by atoms with E-state index in [9.17, 15) is 10.1 Å². The molecule has 2 aromatic carbocycles. The van der Waals surface area contributed by atoms with Crippen LogP contribution in [0.4, 0.5) is 5.69 Å². The lowest BCUT2D eigenvalue weighted by Gasteiger charge is -2.08. The summed E-state index contributed by atoms with van der Waals surface area (Å²) in [6.07, 6.45) is 0. The Morgan fingerprint density at radius 1 is 1.20 bits per heavy atom. The summed E-state index contributed by atoms with van der Waals surface area (Å²) in [4.78, 5) is 11.5. The van der Waals surface area contributed by atoms with E-state index in [0.29, 0.717) is 12.4 Å². The summed E-state index contributed by atoms with van der Waals surface area (Å²) >= 11 is 1.70. The first-order valence-corrected chi connectivity index (χ1v) is 7.21. The van der Waals surface area contributed by atoms with Crippen LogP contribution in [0.1, 0.15) is 5.56 Å². The van der Waals surface area contributed by atoms with Gasteiger partial charge in [0.05, 0.1) is 17.6 Å². The number of ether oxygens (including phenoxy) is 1. The molecule has 5 heteroatoms. The van der Waals surface area contributed by atoms with Gasteiger partial charge in [0.2, 0.25) is 0 Å². The summed E-state index contributed by atoms with van der Waals surface area (Å²) in [6.45, 7) is 2.39. The second-order valence-electron chi connectivity index (χ2n) is 4.22. The maximum atomic E-state index is 10.7. The van der Waals surface area contributed by atoms with Gasteiger partial charge in [-0.3, -0.25) is 10.1 Å². The number of rotatable bonds is 6. The van der Waals surface area contributed by atoms with Crippen LogP contribution >= 0.6 is 11.8 Å². The third-order valence-corrected chi connectivity index (χ3v) is 3.71. The SMILES string of the molecule is Cc1ccc([N+](=O)[O-])cc1OCCSc1ccccc1. The van der Waals surface area contributed by atoms with Crippen LogP contribution in [0.3, 0.4) is 0 Å². The average molecular weight is 289 g/mol. The van der Waals surface area contributed by atoms with Crippen molar-refractivity contribution in [2.24, 2.45) is 0 Å². The van der Waals surface area contributed by atoms with E-state index in [1.807, 2.05) is 37.3 Å². The topological polar surface area (TPSA) is 52.4 Å². The van der Waals surface area contributed by atoms with E-state index in [1.165, 1.54) is 17.0 Å². The molecular weight excluding hydrogens is 274 g/mol. The maximum Gasteiger partial charge on any atom is 0.273 e. The number of nitro benzene ring substituents is 1. The smallest absolute Gasteiger partial charge is 0.273 e. The van der Waals surface area contributed by atoms with Crippen LogP contribution in [0.15, 0.2) is 53.4 Å². The number of nitro groups is 1. The van der Waals surface area contributed by atoms with E-state index >= 15 is 0 Å². The van der Waals surface area contributed by atoms with Crippen LogP contribution in [-0.2, 0) is 0 Å². The monoisotopic (exact) mass is 289 g/mol. The standard InChI is InChI=1S/C15H15NO3S/c1-12-7-8-13(16(17)18)11-15(12)19-9-10-20-14-5-3-2-4-6-14/h2-8,11H,9-10H2,1H3. The molecule has 104 valence electrons. The van der Waals surface area contributed by atoms with Crippen molar-refractivity contribution >= 4 is 17.4 Å². The van der Waals surface area contributed by atoms with Gasteiger partial charge >= 0.3 is 0 Å². The van der Waals surface area contributed by atoms with Crippen LogP contribution in [-0.4, -0.2) is 17.3 Å². The minimum absolute atomic E-state index is 0.0568. The van der Waals surface area contributed by atoms with E-state index in [-0.39, 0.29) is 5.69 Å². The molecule has 4 nitrogen and oxygen atoms in total. The zero-order valence-corrected chi connectivity index (χ0v) is 11.9. The molecule has 0 bridgehead atoms. The Morgan fingerprint density at radius 3 is 2.65 bits per heavy atom. The van der Waals surface area contributed by atoms with Gasteiger partial charge in [-0.25, -0.2) is 0 Å². The van der Waals surface area contributed by atoms with Gasteiger partial charge in [-0.05, 0) is 30.7 Å². The molecule has 0 fully saturated rings. The van der Waals surface area contributed by atoms with Crippen LogP contribution in [0.5, 0.6) is 5.75 Å². The van der Waals surface area contributed by atoms with E-state index in [4.69, 9.17) is 4.74 Å². The quantitative estimate of drug-likeness (QED) is 0.348. The number of hydrogen-bond acceptors (Lipinski definition) is 4. The van der Waals surface area contributed by atoms with Gasteiger partial charge in [0.15, 0.2) is 0 Å².